The van der Waals surface area contributed by atoms with E-state index in [1.165, 1.54) is 0 Å². The summed E-state index contributed by atoms with van der Waals surface area (Å²) in [6.07, 6.45) is 5.31. The number of aromatic nitrogens is 3. The molecule has 0 aliphatic carbocycles. The van der Waals surface area contributed by atoms with Crippen LogP contribution in [0.25, 0.3) is 5.65 Å². The van der Waals surface area contributed by atoms with Gasteiger partial charge in [0.25, 0.3) is 0 Å². The molecular weight excluding hydrogens is 194 g/mol. The maximum atomic E-state index is 4.07. The number of hydrogen-bond donors (Lipinski definition) is 0. The largest absolute Gasteiger partial charge is 0.290 e. The molecule has 2 aromatic heterocycles. The summed E-state index contributed by atoms with van der Waals surface area (Å²) in [6.45, 7) is 0. The fourth-order valence-corrected chi connectivity index (χ4v) is 1.09. The molecule has 0 fully saturated rings. The maximum absolute atomic E-state index is 4.07. The first-order chi connectivity index (χ1) is 4.86. The maximum Gasteiger partial charge on any atom is 0.140 e. The zero-order chi connectivity index (χ0) is 6.97. The smallest absolute Gasteiger partial charge is 0.140 e. The third kappa shape index (κ3) is 0.806. The van der Waals surface area contributed by atoms with Crippen LogP contribution in [0.4, 0.5) is 0 Å². The summed E-state index contributed by atoms with van der Waals surface area (Å²) < 4.78 is 2.66. The van der Waals surface area contributed by atoms with E-state index in [1.54, 1.807) is 12.5 Å². The van der Waals surface area contributed by atoms with Crippen LogP contribution < -0.4 is 0 Å². The topological polar surface area (TPSA) is 30.2 Å². The van der Waals surface area contributed by atoms with Crippen LogP contribution in [-0.4, -0.2) is 14.4 Å². The van der Waals surface area contributed by atoms with Crippen LogP contribution in [0, 0.1) is 0 Å². The van der Waals surface area contributed by atoms with Gasteiger partial charge in [-0.15, -0.1) is 0 Å². The van der Waals surface area contributed by atoms with Gasteiger partial charge in [-0.3, -0.25) is 4.40 Å². The molecule has 0 bridgehead atoms. The van der Waals surface area contributed by atoms with Crippen LogP contribution in [-0.2, 0) is 0 Å². The van der Waals surface area contributed by atoms with Crippen LogP contribution in [0.5, 0.6) is 0 Å². The van der Waals surface area contributed by atoms with E-state index in [1.807, 2.05) is 16.7 Å². The lowest BCUT2D eigenvalue weighted by Crippen LogP contribution is -1.84. The number of rotatable bonds is 0. The van der Waals surface area contributed by atoms with Crippen LogP contribution >= 0.6 is 15.9 Å². The molecule has 10 heavy (non-hydrogen) atoms. The van der Waals surface area contributed by atoms with Gasteiger partial charge in [0.15, 0.2) is 0 Å². The van der Waals surface area contributed by atoms with Crippen molar-refractivity contribution >= 4 is 21.6 Å². The molecule has 0 N–H and O–H groups in total. The fourth-order valence-electron chi connectivity index (χ4n) is 0.795. The minimum absolute atomic E-state index is 0.811. The molecular formula is C6H4BrN3. The van der Waals surface area contributed by atoms with Gasteiger partial charge in [-0.2, -0.15) is 0 Å². The predicted octanol–water partition coefficient (Wildman–Crippen LogP) is 1.49. The Morgan fingerprint density at radius 3 is 3.20 bits per heavy atom. The van der Waals surface area contributed by atoms with Gasteiger partial charge in [0, 0.05) is 18.5 Å². The van der Waals surface area contributed by atoms with Gasteiger partial charge in [0.05, 0.1) is 0 Å². The van der Waals surface area contributed by atoms with Crippen molar-refractivity contribution in [2.75, 3.05) is 0 Å². The van der Waals surface area contributed by atoms with E-state index < -0.39 is 0 Å². The van der Waals surface area contributed by atoms with Crippen molar-refractivity contribution in [2.45, 2.75) is 0 Å². The van der Waals surface area contributed by atoms with Gasteiger partial charge in [-0.05, 0) is 15.9 Å². The first-order valence-electron chi connectivity index (χ1n) is 2.80. The molecule has 3 nitrogen and oxygen atoms in total. The molecule has 0 unspecified atom stereocenters. The summed E-state index contributed by atoms with van der Waals surface area (Å²) in [6, 6.07) is 1.86. The molecule has 4 heteroatoms. The average Bonchev–Trinajstić information content (AvgIpc) is 2.33. The molecule has 0 aliphatic rings. The second-order valence-electron chi connectivity index (χ2n) is 1.90. The highest BCUT2D eigenvalue weighted by Gasteiger charge is 1.92. The Labute approximate surface area is 65.9 Å². The molecule has 0 amide bonds. The number of imidazole rings is 1. The van der Waals surface area contributed by atoms with Gasteiger partial charge in [0.1, 0.15) is 16.6 Å². The number of halogens is 1. The normalized spacial score (nSPS) is 10.5. The third-order valence-electron chi connectivity index (χ3n) is 1.25. The van der Waals surface area contributed by atoms with E-state index >= 15 is 0 Å². The Bertz CT molecular complexity index is 355. The molecule has 0 atom stereocenters. The third-order valence-corrected chi connectivity index (χ3v) is 1.69. The molecule has 0 radical (unpaired) electrons. The van der Waals surface area contributed by atoms with Crippen molar-refractivity contribution in [3.63, 3.8) is 0 Å². The molecule has 0 spiro atoms. The SMILES string of the molecule is Brc1cc2nccn2cn1. The van der Waals surface area contributed by atoms with Crippen molar-refractivity contribution in [2.24, 2.45) is 0 Å². The second kappa shape index (κ2) is 2.05. The highest BCUT2D eigenvalue weighted by molar-refractivity contribution is 9.10. The summed E-state index contributed by atoms with van der Waals surface area (Å²) in [7, 11) is 0. The Kier molecular flexibility index (Phi) is 1.20. The Balaban J connectivity index is 2.86. The standard InChI is InChI=1S/C6H4BrN3/c7-5-3-6-8-1-2-10(6)4-9-5/h1-4H. The Morgan fingerprint density at radius 1 is 1.40 bits per heavy atom. The average molecular weight is 198 g/mol. The van der Waals surface area contributed by atoms with Crippen molar-refractivity contribution in [3.8, 4) is 0 Å². The number of fused-ring (bicyclic) bond motifs is 1. The molecule has 2 aromatic rings. The first kappa shape index (κ1) is 5.85. The quantitative estimate of drug-likeness (QED) is 0.600. The lowest BCUT2D eigenvalue weighted by molar-refractivity contribution is 1.07. The molecule has 0 saturated heterocycles. The summed E-state index contributed by atoms with van der Waals surface area (Å²) in [5.74, 6) is 0. The van der Waals surface area contributed by atoms with E-state index in [2.05, 4.69) is 25.9 Å². The van der Waals surface area contributed by atoms with Crippen LogP contribution in [0.3, 0.4) is 0 Å². The fraction of sp³-hybridized carbons (Fsp3) is 0. The predicted molar refractivity (Wildman–Crippen MR) is 40.7 cm³/mol. The first-order valence-corrected chi connectivity index (χ1v) is 3.60. The van der Waals surface area contributed by atoms with Gasteiger partial charge in [0.2, 0.25) is 0 Å². The second-order valence-corrected chi connectivity index (χ2v) is 2.72. The van der Waals surface area contributed by atoms with E-state index in [4.69, 9.17) is 0 Å². The summed E-state index contributed by atoms with van der Waals surface area (Å²) in [4.78, 5) is 8.09. The van der Waals surface area contributed by atoms with Crippen molar-refractivity contribution in [1.29, 1.82) is 0 Å². The monoisotopic (exact) mass is 197 g/mol. The van der Waals surface area contributed by atoms with E-state index in [-0.39, 0.29) is 0 Å². The zero-order valence-electron chi connectivity index (χ0n) is 5.03. The Morgan fingerprint density at radius 2 is 2.30 bits per heavy atom. The van der Waals surface area contributed by atoms with Crippen molar-refractivity contribution in [3.05, 3.63) is 29.4 Å². The molecule has 2 rings (SSSR count). The van der Waals surface area contributed by atoms with Gasteiger partial charge >= 0.3 is 0 Å². The van der Waals surface area contributed by atoms with Crippen molar-refractivity contribution in [1.82, 2.24) is 14.4 Å². The van der Waals surface area contributed by atoms with Crippen LogP contribution in [0.15, 0.2) is 29.4 Å². The van der Waals surface area contributed by atoms with Gasteiger partial charge in [-0.1, -0.05) is 0 Å². The summed E-state index contributed by atoms with van der Waals surface area (Å²) >= 11 is 3.25. The molecule has 2 heterocycles. The van der Waals surface area contributed by atoms with Crippen molar-refractivity contribution < 1.29 is 0 Å². The summed E-state index contributed by atoms with van der Waals surface area (Å²) in [5.41, 5.74) is 0.905. The van der Waals surface area contributed by atoms with Crippen LogP contribution in [0.2, 0.25) is 0 Å². The zero-order valence-corrected chi connectivity index (χ0v) is 6.62. The lowest BCUT2D eigenvalue weighted by atomic mass is 10.6. The molecule has 50 valence electrons. The minimum atomic E-state index is 0.811. The van der Waals surface area contributed by atoms with Crippen LogP contribution in [0.1, 0.15) is 0 Å². The highest BCUT2D eigenvalue weighted by Crippen LogP contribution is 2.06. The molecule has 0 saturated carbocycles. The number of nitrogens with zero attached hydrogens (tertiary/aromatic N) is 3. The summed E-state index contributed by atoms with van der Waals surface area (Å²) in [5, 5.41) is 0. The highest BCUT2D eigenvalue weighted by atomic mass is 79.9. The minimum Gasteiger partial charge on any atom is -0.290 e. The van der Waals surface area contributed by atoms with E-state index in [0.717, 1.165) is 10.3 Å². The molecule has 0 aromatic carbocycles. The number of hydrogen-bond acceptors (Lipinski definition) is 2. The lowest BCUT2D eigenvalue weighted by Gasteiger charge is -1.90. The van der Waals surface area contributed by atoms with E-state index in [0.29, 0.717) is 0 Å². The van der Waals surface area contributed by atoms with Gasteiger partial charge in [-0.25, -0.2) is 9.97 Å². The molecule has 0 aliphatic heterocycles. The Hall–Kier alpha value is -0.900. The van der Waals surface area contributed by atoms with Gasteiger partial charge < -0.3 is 0 Å². The van der Waals surface area contributed by atoms with E-state index in [9.17, 15) is 0 Å².